The SMILES string of the molecule is N#C/C(=C/c1cc(Cl)c(OCc2ccc([N+](=O)[O-])cc2)c(Cl)c1)C(=O)NC(N)=O. The molecule has 2 aromatic rings. The van der Waals surface area contributed by atoms with E-state index in [1.165, 1.54) is 42.5 Å². The van der Waals surface area contributed by atoms with Crippen LogP contribution in [0.3, 0.4) is 0 Å². The Morgan fingerprint density at radius 2 is 1.83 bits per heavy atom. The summed E-state index contributed by atoms with van der Waals surface area (Å²) in [6, 6.07) is 9.13. The minimum atomic E-state index is -1.10. The van der Waals surface area contributed by atoms with Crippen molar-refractivity contribution in [2.24, 2.45) is 5.73 Å². The van der Waals surface area contributed by atoms with Crippen LogP contribution in [0.2, 0.25) is 10.0 Å². The van der Waals surface area contributed by atoms with Crippen molar-refractivity contribution >= 4 is 46.9 Å². The maximum Gasteiger partial charge on any atom is 0.319 e. The lowest BCUT2D eigenvalue weighted by Gasteiger charge is -2.11. The molecule has 0 aliphatic rings. The molecule has 3 N–H and O–H groups in total. The van der Waals surface area contributed by atoms with Gasteiger partial charge in [0.2, 0.25) is 0 Å². The van der Waals surface area contributed by atoms with Gasteiger partial charge >= 0.3 is 6.03 Å². The summed E-state index contributed by atoms with van der Waals surface area (Å²) >= 11 is 12.3. The van der Waals surface area contributed by atoms with Crippen LogP contribution in [0.1, 0.15) is 11.1 Å². The van der Waals surface area contributed by atoms with Gasteiger partial charge in [0.05, 0.1) is 15.0 Å². The van der Waals surface area contributed by atoms with Crippen molar-refractivity contribution < 1.29 is 19.2 Å². The minimum Gasteiger partial charge on any atom is -0.486 e. The average Bonchev–Trinajstić information content (AvgIpc) is 2.65. The van der Waals surface area contributed by atoms with Gasteiger partial charge in [-0.25, -0.2) is 4.79 Å². The van der Waals surface area contributed by atoms with Gasteiger partial charge in [0.1, 0.15) is 18.2 Å². The maximum atomic E-state index is 11.7. The van der Waals surface area contributed by atoms with Gasteiger partial charge in [-0.05, 0) is 41.5 Å². The third-order valence-electron chi connectivity index (χ3n) is 3.46. The van der Waals surface area contributed by atoms with Gasteiger partial charge < -0.3 is 10.5 Å². The van der Waals surface area contributed by atoms with E-state index < -0.39 is 16.9 Å². The molecular formula is C18H12Cl2N4O5. The number of nitrogens with one attached hydrogen (secondary N) is 1. The van der Waals surface area contributed by atoms with Gasteiger partial charge in [0.15, 0.2) is 5.75 Å². The predicted octanol–water partition coefficient (Wildman–Crippen LogP) is 3.58. The lowest BCUT2D eigenvalue weighted by atomic mass is 10.1. The first-order valence-corrected chi connectivity index (χ1v) is 8.54. The summed E-state index contributed by atoms with van der Waals surface area (Å²) in [6.45, 7) is 0.0527. The van der Waals surface area contributed by atoms with Crippen molar-refractivity contribution in [3.05, 3.63) is 73.3 Å². The van der Waals surface area contributed by atoms with Gasteiger partial charge in [0.25, 0.3) is 11.6 Å². The number of nitrogens with two attached hydrogens (primary N) is 1. The molecule has 2 aromatic carbocycles. The van der Waals surface area contributed by atoms with Gasteiger partial charge in [-0.15, -0.1) is 0 Å². The zero-order valence-corrected chi connectivity index (χ0v) is 16.0. The number of carbonyl (C=O) groups excluding carboxylic acids is 2. The molecule has 0 bridgehead atoms. The molecule has 0 aromatic heterocycles. The van der Waals surface area contributed by atoms with Crippen LogP contribution in [0.25, 0.3) is 6.08 Å². The number of nitrogens with zero attached hydrogens (tertiary/aromatic N) is 2. The molecule has 148 valence electrons. The number of carbonyl (C=O) groups is 2. The number of amides is 3. The normalized spacial score (nSPS) is 10.7. The lowest BCUT2D eigenvalue weighted by molar-refractivity contribution is -0.384. The van der Waals surface area contributed by atoms with Gasteiger partial charge in [-0.1, -0.05) is 23.2 Å². The standard InChI is InChI=1S/C18H12Cl2N4O5/c19-14-6-11(5-12(8-21)17(25)23-18(22)26)7-15(20)16(14)29-9-10-1-3-13(4-2-10)24(27)28/h1-7H,9H2,(H3,22,23,25,26)/b12-5-. The molecule has 0 aliphatic carbocycles. The number of hydrogen-bond acceptors (Lipinski definition) is 6. The van der Waals surface area contributed by atoms with E-state index in [0.29, 0.717) is 11.1 Å². The molecule has 11 heteroatoms. The molecule has 2 rings (SSSR count). The first-order valence-electron chi connectivity index (χ1n) is 7.79. The highest BCUT2D eigenvalue weighted by Gasteiger charge is 2.14. The molecule has 9 nitrogen and oxygen atoms in total. The summed E-state index contributed by atoms with van der Waals surface area (Å²) in [5, 5.41) is 21.7. The fraction of sp³-hybridized carbons (Fsp3) is 0.0556. The first kappa shape index (κ1) is 21.7. The topological polar surface area (TPSA) is 148 Å². The number of benzene rings is 2. The molecule has 29 heavy (non-hydrogen) atoms. The van der Waals surface area contributed by atoms with Crippen molar-refractivity contribution in [3.63, 3.8) is 0 Å². The zero-order chi connectivity index (χ0) is 21.6. The monoisotopic (exact) mass is 434 g/mol. The minimum absolute atomic E-state index is 0.0466. The summed E-state index contributed by atoms with van der Waals surface area (Å²) in [7, 11) is 0. The molecule has 0 fully saturated rings. The first-order chi connectivity index (χ1) is 13.7. The molecule has 0 aliphatic heterocycles. The van der Waals surface area contributed by atoms with Crippen LogP contribution in [0.4, 0.5) is 10.5 Å². The molecule has 0 unspecified atom stereocenters. The summed E-state index contributed by atoms with van der Waals surface area (Å²) in [6.07, 6.45) is 1.18. The highest BCUT2D eigenvalue weighted by atomic mass is 35.5. The number of urea groups is 1. The predicted molar refractivity (Wildman–Crippen MR) is 105 cm³/mol. The fourth-order valence-electron chi connectivity index (χ4n) is 2.16. The van der Waals surface area contributed by atoms with E-state index in [1.54, 1.807) is 11.4 Å². The summed E-state index contributed by atoms with van der Waals surface area (Å²) < 4.78 is 5.58. The second-order valence-corrected chi connectivity index (χ2v) is 6.33. The molecule has 0 saturated heterocycles. The number of nitriles is 1. The van der Waals surface area contributed by atoms with Crippen LogP contribution in [0.5, 0.6) is 5.75 Å². The van der Waals surface area contributed by atoms with Crippen LogP contribution in [0, 0.1) is 21.4 Å². The second kappa shape index (κ2) is 9.54. The Kier molecular flexibility index (Phi) is 7.14. The number of primary amides is 1. The van der Waals surface area contributed by atoms with Crippen molar-refractivity contribution in [1.29, 1.82) is 5.26 Å². The zero-order valence-electron chi connectivity index (χ0n) is 14.5. The van der Waals surface area contributed by atoms with Crippen LogP contribution < -0.4 is 15.8 Å². The van der Waals surface area contributed by atoms with E-state index in [1.807, 2.05) is 0 Å². The maximum absolute atomic E-state index is 11.7. The van der Waals surface area contributed by atoms with Gasteiger partial charge in [-0.2, -0.15) is 5.26 Å². The summed E-state index contributed by atoms with van der Waals surface area (Å²) in [5.74, 6) is -0.810. The van der Waals surface area contributed by atoms with E-state index >= 15 is 0 Å². The van der Waals surface area contributed by atoms with E-state index in [9.17, 15) is 19.7 Å². The van der Waals surface area contributed by atoms with Crippen molar-refractivity contribution in [3.8, 4) is 11.8 Å². The van der Waals surface area contributed by atoms with Crippen molar-refractivity contribution in [2.45, 2.75) is 6.61 Å². The van der Waals surface area contributed by atoms with Crippen LogP contribution in [0.15, 0.2) is 42.0 Å². The van der Waals surface area contributed by atoms with Crippen molar-refractivity contribution in [2.75, 3.05) is 0 Å². The molecule has 0 spiro atoms. The Morgan fingerprint density at radius 3 is 2.31 bits per heavy atom. The smallest absolute Gasteiger partial charge is 0.319 e. The highest BCUT2D eigenvalue weighted by molar-refractivity contribution is 6.37. The van der Waals surface area contributed by atoms with Crippen LogP contribution in [-0.4, -0.2) is 16.9 Å². The quantitative estimate of drug-likeness (QED) is 0.307. The third-order valence-corrected chi connectivity index (χ3v) is 4.03. The molecule has 0 saturated carbocycles. The average molecular weight is 435 g/mol. The van der Waals surface area contributed by atoms with Gasteiger partial charge in [-0.3, -0.25) is 20.2 Å². The molecule has 0 radical (unpaired) electrons. The Morgan fingerprint density at radius 1 is 1.24 bits per heavy atom. The molecular weight excluding hydrogens is 423 g/mol. The lowest BCUT2D eigenvalue weighted by Crippen LogP contribution is -2.35. The van der Waals surface area contributed by atoms with Gasteiger partial charge in [0, 0.05) is 12.1 Å². The number of hydrogen-bond donors (Lipinski definition) is 2. The summed E-state index contributed by atoms with van der Waals surface area (Å²) in [4.78, 5) is 32.6. The van der Waals surface area contributed by atoms with E-state index in [-0.39, 0.29) is 33.7 Å². The largest absolute Gasteiger partial charge is 0.486 e. The second-order valence-electron chi connectivity index (χ2n) is 5.51. The Balaban J connectivity index is 2.19. The highest BCUT2D eigenvalue weighted by Crippen LogP contribution is 2.35. The number of halogens is 2. The Bertz CT molecular complexity index is 1020. The number of rotatable bonds is 6. The molecule has 3 amide bonds. The summed E-state index contributed by atoms with van der Waals surface area (Å²) in [5.41, 5.74) is 5.40. The Hall–Kier alpha value is -3.61. The molecule has 0 atom stereocenters. The van der Waals surface area contributed by atoms with E-state index in [0.717, 1.165) is 0 Å². The number of nitro groups is 1. The van der Waals surface area contributed by atoms with Crippen molar-refractivity contribution in [1.82, 2.24) is 5.32 Å². The number of imide groups is 1. The third kappa shape index (κ3) is 5.93. The van der Waals surface area contributed by atoms with Crippen LogP contribution in [-0.2, 0) is 11.4 Å². The number of non-ortho nitro benzene ring substituents is 1. The number of nitro benzene ring substituents is 1. The number of ether oxygens (including phenoxy) is 1. The van der Waals surface area contributed by atoms with Crippen LogP contribution >= 0.6 is 23.2 Å². The molecule has 0 heterocycles. The van der Waals surface area contributed by atoms with E-state index in [4.69, 9.17) is 38.9 Å². The fourth-order valence-corrected chi connectivity index (χ4v) is 2.78. The Labute approximate surface area is 174 Å². The van der Waals surface area contributed by atoms with E-state index in [2.05, 4.69) is 0 Å².